The van der Waals surface area contributed by atoms with Crippen LogP contribution in [0, 0.1) is 0 Å². The molecule has 402 valence electrons. The van der Waals surface area contributed by atoms with E-state index in [4.69, 9.17) is 14.7 Å². The lowest BCUT2D eigenvalue weighted by Crippen LogP contribution is -2.33. The minimum atomic E-state index is -0.749. The smallest absolute Gasteiger partial charge is 0.128 e. The number of anilines is 6. The first kappa shape index (κ1) is 54.6. The third-order valence-electron chi connectivity index (χ3n) is 16.0. The van der Waals surface area contributed by atoms with Crippen LogP contribution in [0.3, 0.4) is 0 Å². The Labute approximate surface area is 472 Å². The number of fused-ring (bicyclic) bond motifs is 2. The molecule has 0 spiro atoms. The number of ether oxygens (including phenoxy) is 1. The topological polar surface area (TPSA) is 41.5 Å². The van der Waals surface area contributed by atoms with Crippen LogP contribution >= 0.6 is 0 Å². The van der Waals surface area contributed by atoms with E-state index >= 15 is 0 Å². The fraction of sp³-hybridized carbons (Fsp3) is 0.297. The van der Waals surface area contributed by atoms with Gasteiger partial charge in [-0.1, -0.05) is 195 Å². The first-order valence-corrected chi connectivity index (χ1v) is 28.2. The lowest BCUT2D eigenvalue weighted by atomic mass is 9.66. The molecule has 79 heavy (non-hydrogen) atoms. The van der Waals surface area contributed by atoms with Crippen LogP contribution in [-0.2, 0) is 38.9 Å². The largest absolute Gasteiger partial charge is 0.457 e. The van der Waals surface area contributed by atoms with Crippen molar-refractivity contribution in [2.24, 2.45) is 0 Å². The summed E-state index contributed by atoms with van der Waals surface area (Å²) in [5, 5.41) is 0. The van der Waals surface area contributed by atoms with Crippen molar-refractivity contribution in [1.29, 1.82) is 0 Å². The van der Waals surface area contributed by atoms with Crippen LogP contribution in [-0.4, -0.2) is 9.97 Å². The van der Waals surface area contributed by atoms with Crippen LogP contribution in [0.2, 0.25) is 0 Å². The molecule has 7 aromatic carbocycles. The summed E-state index contributed by atoms with van der Waals surface area (Å²) in [6.07, 6.45) is 4.53. The third kappa shape index (κ3) is 11.2. The van der Waals surface area contributed by atoms with Gasteiger partial charge in [0.2, 0.25) is 0 Å². The fourth-order valence-electron chi connectivity index (χ4n) is 11.2. The Morgan fingerprint density at radius 2 is 0.937 bits per heavy atom. The molecule has 0 aliphatic carbocycles. The Balaban J connectivity index is 1.09. The molecule has 0 N–H and O–H groups in total. The highest BCUT2D eigenvalue weighted by Crippen LogP contribution is 2.55. The molecule has 10 rings (SSSR count). The minimum Gasteiger partial charge on any atom is -0.457 e. The maximum atomic E-state index is 7.04. The summed E-state index contributed by atoms with van der Waals surface area (Å²) in [5.74, 6) is 1.47. The van der Waals surface area contributed by atoms with Crippen LogP contribution < -0.4 is 14.5 Å². The molecule has 5 heteroatoms. The number of rotatable bonds is 9. The summed E-state index contributed by atoms with van der Waals surface area (Å²) in [6.45, 7) is 34.2. The van der Waals surface area contributed by atoms with Crippen LogP contribution in [0.4, 0.5) is 34.1 Å². The van der Waals surface area contributed by atoms with Crippen molar-refractivity contribution in [3.8, 4) is 22.8 Å². The molecule has 1 atom stereocenters. The third-order valence-corrected chi connectivity index (χ3v) is 16.0. The molecule has 0 saturated heterocycles. The summed E-state index contributed by atoms with van der Waals surface area (Å²) in [5.41, 5.74) is 18.5. The van der Waals surface area contributed by atoms with Gasteiger partial charge in [0, 0.05) is 46.4 Å². The molecular formula is C74H80N4O. The normalized spacial score (nSPS) is 15.0. The highest BCUT2D eigenvalue weighted by atomic mass is 16.5. The van der Waals surface area contributed by atoms with Gasteiger partial charge in [-0.15, -0.1) is 0 Å². The summed E-state index contributed by atoms with van der Waals surface area (Å²) in [4.78, 5) is 15.1. The molecule has 0 saturated carbocycles. The van der Waals surface area contributed by atoms with E-state index < -0.39 is 5.41 Å². The molecular weight excluding hydrogens is 961 g/mol. The second-order valence-corrected chi connectivity index (χ2v) is 27.0. The average Bonchev–Trinajstić information content (AvgIpc) is 3.85. The van der Waals surface area contributed by atoms with Crippen molar-refractivity contribution >= 4 is 34.1 Å². The van der Waals surface area contributed by atoms with Crippen molar-refractivity contribution in [2.45, 2.75) is 143 Å². The Kier molecular flexibility index (Phi) is 14.1. The molecule has 0 fully saturated rings. The van der Waals surface area contributed by atoms with Crippen molar-refractivity contribution in [3.05, 3.63) is 251 Å². The minimum absolute atomic E-state index is 0.0162. The van der Waals surface area contributed by atoms with Crippen LogP contribution in [0.15, 0.2) is 200 Å². The molecule has 2 aromatic heterocycles. The summed E-state index contributed by atoms with van der Waals surface area (Å²) in [7, 11) is 0. The predicted octanol–water partition coefficient (Wildman–Crippen LogP) is 20.3. The summed E-state index contributed by atoms with van der Waals surface area (Å²) >= 11 is 0. The number of nitrogens with zero attached hydrogens (tertiary/aromatic N) is 4. The summed E-state index contributed by atoms with van der Waals surface area (Å²) in [6, 6.07) is 69.2. The van der Waals surface area contributed by atoms with Gasteiger partial charge < -0.3 is 14.5 Å². The van der Waals surface area contributed by atoms with Gasteiger partial charge >= 0.3 is 0 Å². The Morgan fingerprint density at radius 3 is 1.49 bits per heavy atom. The number of aromatic nitrogens is 2. The van der Waals surface area contributed by atoms with E-state index in [0.29, 0.717) is 6.42 Å². The Bertz CT molecular complexity index is 3560. The zero-order valence-corrected chi connectivity index (χ0v) is 49.5. The van der Waals surface area contributed by atoms with Crippen molar-refractivity contribution in [2.75, 3.05) is 9.80 Å². The van der Waals surface area contributed by atoms with E-state index in [1.807, 2.05) is 24.5 Å². The van der Waals surface area contributed by atoms with Gasteiger partial charge in [0.15, 0.2) is 0 Å². The quantitative estimate of drug-likeness (QED) is 0.144. The molecule has 5 nitrogen and oxygen atoms in total. The zero-order chi connectivity index (χ0) is 56.3. The average molecular weight is 1040 g/mol. The molecule has 3 heterocycles. The van der Waals surface area contributed by atoms with Crippen molar-refractivity contribution < 1.29 is 4.74 Å². The van der Waals surface area contributed by atoms with Crippen LogP contribution in [0.25, 0.3) is 11.3 Å². The Hall–Kier alpha value is -7.76. The number of hydrogen-bond donors (Lipinski definition) is 0. The monoisotopic (exact) mass is 1040 g/mol. The lowest BCUT2D eigenvalue weighted by molar-refractivity contribution is 0.479. The SMILES string of the molecule is CC(C)(C)c1ccc(N(c2ccc(C(C)(C)C)cc2)c2ccnc(-c3cccc(Oc4cccc([C@@]5(c6ccccn6)Cc6cc(C(C)(C)C)ccc6N(c6ccc(C(C)(C)C)cc6)c6ccc(C(C)(C)C)cc65)c4)c3)c2)cc1. The molecule has 0 amide bonds. The fourth-order valence-corrected chi connectivity index (χ4v) is 11.2. The summed E-state index contributed by atoms with van der Waals surface area (Å²) < 4.78 is 7.04. The van der Waals surface area contributed by atoms with Gasteiger partial charge in [-0.25, -0.2) is 0 Å². The van der Waals surface area contributed by atoms with E-state index in [1.54, 1.807) is 0 Å². The number of pyridine rings is 2. The first-order valence-electron chi connectivity index (χ1n) is 28.2. The lowest BCUT2D eigenvalue weighted by Gasteiger charge is -2.37. The highest BCUT2D eigenvalue weighted by Gasteiger charge is 2.45. The van der Waals surface area contributed by atoms with E-state index in [9.17, 15) is 0 Å². The number of hydrogen-bond acceptors (Lipinski definition) is 5. The maximum absolute atomic E-state index is 7.04. The van der Waals surface area contributed by atoms with E-state index in [1.165, 1.54) is 44.6 Å². The van der Waals surface area contributed by atoms with Crippen molar-refractivity contribution in [3.63, 3.8) is 0 Å². The molecule has 0 unspecified atom stereocenters. The zero-order valence-electron chi connectivity index (χ0n) is 49.5. The van der Waals surface area contributed by atoms with Crippen molar-refractivity contribution in [1.82, 2.24) is 9.97 Å². The standard InChI is InChI=1S/C74H80N4O/c1-69(2,3)52-25-33-58(34-26-52)77(59-35-27-53(28-36-59)70(4,5)6)61-41-43-75-65(48-61)50-20-18-22-62(45-50)79-63-23-19-21-57(46-63)74(68-24-16-17-42-76-68)49-51-44-55(72(10,11)12)31-39-66(51)78(60-37-29-54(30-38-60)71(7,8)9)67-40-32-56(47-64(67)74)73(13,14)15/h16-48H,49H2,1-15H3/t74-/m0/s1. The molecule has 1 aliphatic heterocycles. The molecule has 0 radical (unpaired) electrons. The van der Waals surface area contributed by atoms with E-state index in [-0.39, 0.29) is 27.1 Å². The van der Waals surface area contributed by atoms with Gasteiger partial charge in [0.25, 0.3) is 0 Å². The van der Waals surface area contributed by atoms with Gasteiger partial charge in [-0.3, -0.25) is 9.97 Å². The predicted molar refractivity (Wildman–Crippen MR) is 333 cm³/mol. The number of benzene rings is 7. The van der Waals surface area contributed by atoms with Gasteiger partial charge in [-0.2, -0.15) is 0 Å². The van der Waals surface area contributed by atoms with Crippen LogP contribution in [0.1, 0.15) is 154 Å². The second-order valence-electron chi connectivity index (χ2n) is 27.0. The van der Waals surface area contributed by atoms with Gasteiger partial charge in [0.1, 0.15) is 11.5 Å². The van der Waals surface area contributed by atoms with Gasteiger partial charge in [0.05, 0.1) is 22.5 Å². The van der Waals surface area contributed by atoms with E-state index in [0.717, 1.165) is 62.5 Å². The van der Waals surface area contributed by atoms with Crippen LogP contribution in [0.5, 0.6) is 11.5 Å². The first-order chi connectivity index (χ1) is 37.3. The molecule has 9 aromatic rings. The Morgan fingerprint density at radius 1 is 0.418 bits per heavy atom. The highest BCUT2D eigenvalue weighted by molar-refractivity contribution is 5.85. The second kappa shape index (κ2) is 20.5. The molecule has 1 aliphatic rings. The molecule has 0 bridgehead atoms. The van der Waals surface area contributed by atoms with Gasteiger partial charge in [-0.05, 0) is 175 Å². The van der Waals surface area contributed by atoms with E-state index in [2.05, 4.69) is 290 Å². The maximum Gasteiger partial charge on any atom is 0.128 e.